The van der Waals surface area contributed by atoms with Crippen LogP contribution in [0, 0.1) is 16.7 Å². The highest BCUT2D eigenvalue weighted by Gasteiger charge is 2.78. The smallest absolute Gasteiger partial charge is 0.338 e. The number of benzene rings is 3. The highest BCUT2D eigenvalue weighted by molar-refractivity contribution is 5.96. The number of carbonyl (C=O) groups is 6. The Labute approximate surface area is 369 Å². The van der Waals surface area contributed by atoms with Crippen molar-refractivity contribution < 1.29 is 72.5 Å². The molecule has 0 spiro atoms. The van der Waals surface area contributed by atoms with Crippen LogP contribution in [0.3, 0.4) is 0 Å². The third kappa shape index (κ3) is 7.65. The topological polar surface area (TPSA) is 231 Å². The maximum Gasteiger partial charge on any atom is 0.338 e. The number of hydrogen-bond donors (Lipinski definition) is 4. The van der Waals surface area contributed by atoms with Gasteiger partial charge < -0.3 is 49.1 Å². The van der Waals surface area contributed by atoms with Gasteiger partial charge in [-0.25, -0.2) is 9.59 Å². The number of Topliss-reactive ketones (excluding diaryl/α,β-unsaturated/α-hetero) is 1. The Bertz CT molecular complexity index is 2350. The fourth-order valence-corrected chi connectivity index (χ4v) is 10.3. The normalized spacial score (nSPS) is 31.2. The maximum atomic E-state index is 15.5. The molecular weight excluding hydrogens is 831 g/mol. The van der Waals surface area contributed by atoms with E-state index >= 15 is 4.79 Å². The minimum atomic E-state index is -2.41. The summed E-state index contributed by atoms with van der Waals surface area (Å²) in [6.07, 6.45) is -10.7. The molecule has 3 aromatic rings. The van der Waals surface area contributed by atoms with Gasteiger partial charge in [0.05, 0.1) is 42.8 Å². The number of aliphatic hydroxyl groups excluding tert-OH is 2. The molecule has 3 aliphatic carbocycles. The Hall–Kier alpha value is -5.94. The molecule has 0 aromatic heterocycles. The Balaban J connectivity index is 1.38. The van der Waals surface area contributed by atoms with Crippen molar-refractivity contribution in [3.63, 3.8) is 0 Å². The Kier molecular flexibility index (Phi) is 12.4. The zero-order chi connectivity index (χ0) is 46.5. The predicted octanol–water partition coefficient (Wildman–Crippen LogP) is 3.74. The highest BCUT2D eigenvalue weighted by atomic mass is 16.6. The second-order valence-electron chi connectivity index (χ2n) is 17.7. The quantitative estimate of drug-likeness (QED) is 0.122. The van der Waals surface area contributed by atoms with Crippen LogP contribution in [0.2, 0.25) is 0 Å². The number of carbonyl (C=O) groups excluding carboxylic acids is 6. The van der Waals surface area contributed by atoms with E-state index in [0.717, 1.165) is 13.8 Å². The van der Waals surface area contributed by atoms with Crippen molar-refractivity contribution in [1.29, 1.82) is 0 Å². The zero-order valence-corrected chi connectivity index (χ0v) is 36.6. The van der Waals surface area contributed by atoms with Crippen molar-refractivity contribution in [2.75, 3.05) is 13.7 Å². The lowest BCUT2D eigenvalue weighted by Crippen LogP contribution is -2.82. The molecule has 3 fully saturated rings. The van der Waals surface area contributed by atoms with E-state index in [9.17, 15) is 39.3 Å². The standard InChI is InChI=1S/C48H53NO15/c1-25-32(62-44(57)37(53)36(28-18-20-31(59-7)21-19-28)49-42(55)29-14-10-8-11-15-29)23-48(58)41(63-43(56)30-16-12-9-13-17-30)39-46(6,33(52)22-34-47(39,24-60-34)64-27(3)51)40(54)38(61-26(2)50)35(25)45(48,4)5/h8-21,32-34,36-39,41,52-53,58H,22-24H2,1-7H3,(H,49,55)/t32-,33-,34+,36-,37+,38+,39?,41-,46+,47-,48+/m0/s1. The van der Waals surface area contributed by atoms with Gasteiger partial charge >= 0.3 is 23.9 Å². The molecule has 4 N–H and O–H groups in total. The van der Waals surface area contributed by atoms with Crippen LogP contribution in [0.4, 0.5) is 0 Å². The second kappa shape index (κ2) is 17.2. The van der Waals surface area contributed by atoms with Crippen LogP contribution in [0.5, 0.6) is 5.75 Å². The Morgan fingerprint density at radius 3 is 2.00 bits per heavy atom. The highest BCUT2D eigenvalue weighted by Crippen LogP contribution is 2.64. The minimum absolute atomic E-state index is 0.0148. The average Bonchev–Trinajstić information content (AvgIpc) is 3.26. The molecule has 4 aliphatic rings. The van der Waals surface area contributed by atoms with E-state index in [4.69, 9.17) is 28.4 Å². The monoisotopic (exact) mass is 883 g/mol. The fourth-order valence-electron chi connectivity index (χ4n) is 10.3. The van der Waals surface area contributed by atoms with Gasteiger partial charge in [-0.05, 0) is 67.0 Å². The number of aliphatic hydroxyl groups is 3. The summed E-state index contributed by atoms with van der Waals surface area (Å²) in [5, 5.41) is 40.4. The number of ether oxygens (including phenoxy) is 6. The molecule has 2 saturated carbocycles. The van der Waals surface area contributed by atoms with Gasteiger partial charge in [0.1, 0.15) is 29.7 Å². The van der Waals surface area contributed by atoms with E-state index in [1.54, 1.807) is 86.6 Å². The molecule has 2 bridgehead atoms. The number of amides is 1. The maximum absolute atomic E-state index is 15.5. The fraction of sp³-hybridized carbons (Fsp3) is 0.458. The SMILES string of the molecule is COc1ccc([C@H](NC(=O)c2ccccc2)[C@@H](O)C(=O)O[C@H]2C[C@@]3(O)[C@@H](OC(=O)c4ccccc4)C4[C@](C)(C(=O)[C@H](OC(C)=O)C(=C2C)C3(C)C)[C@@H](O)C[C@H]2OC[C@@]42OC(C)=O)cc1. The van der Waals surface area contributed by atoms with Crippen molar-refractivity contribution in [3.8, 4) is 5.75 Å². The van der Waals surface area contributed by atoms with Crippen molar-refractivity contribution in [1.82, 2.24) is 5.32 Å². The summed E-state index contributed by atoms with van der Waals surface area (Å²) in [6.45, 7) is 7.94. The lowest BCUT2D eigenvalue weighted by Gasteiger charge is -2.67. The first kappa shape index (κ1) is 46.1. The van der Waals surface area contributed by atoms with Gasteiger partial charge in [-0.2, -0.15) is 0 Å². The van der Waals surface area contributed by atoms with Crippen molar-refractivity contribution in [2.24, 2.45) is 16.7 Å². The van der Waals surface area contributed by atoms with E-state index in [2.05, 4.69) is 5.32 Å². The minimum Gasteiger partial charge on any atom is -0.497 e. The van der Waals surface area contributed by atoms with Crippen LogP contribution < -0.4 is 10.1 Å². The van der Waals surface area contributed by atoms with Crippen LogP contribution >= 0.6 is 0 Å². The zero-order valence-electron chi connectivity index (χ0n) is 36.6. The van der Waals surface area contributed by atoms with Gasteiger partial charge in [-0.15, -0.1) is 0 Å². The summed E-state index contributed by atoms with van der Waals surface area (Å²) in [7, 11) is 1.46. The molecule has 1 heterocycles. The summed E-state index contributed by atoms with van der Waals surface area (Å²) < 4.78 is 35.6. The van der Waals surface area contributed by atoms with E-state index < -0.39 is 113 Å². The molecule has 1 aliphatic heterocycles. The number of ketones is 1. The molecule has 7 rings (SSSR count). The van der Waals surface area contributed by atoms with Gasteiger partial charge in [0.2, 0.25) is 0 Å². The molecule has 1 amide bonds. The third-order valence-electron chi connectivity index (χ3n) is 13.8. The van der Waals surface area contributed by atoms with Crippen molar-refractivity contribution in [2.45, 2.75) is 108 Å². The molecule has 0 radical (unpaired) electrons. The molecule has 1 unspecified atom stereocenters. The number of esters is 4. The van der Waals surface area contributed by atoms with Crippen LogP contribution in [-0.2, 0) is 42.9 Å². The molecule has 340 valence electrons. The third-order valence-corrected chi connectivity index (χ3v) is 13.8. The van der Waals surface area contributed by atoms with E-state index in [0.29, 0.717) is 11.3 Å². The van der Waals surface area contributed by atoms with Gasteiger partial charge in [-0.1, -0.05) is 62.4 Å². The van der Waals surface area contributed by atoms with Crippen LogP contribution in [-0.4, -0.2) is 112 Å². The molecular formula is C48H53NO15. The molecule has 64 heavy (non-hydrogen) atoms. The van der Waals surface area contributed by atoms with E-state index in [1.807, 2.05) is 0 Å². The predicted molar refractivity (Wildman–Crippen MR) is 224 cm³/mol. The van der Waals surface area contributed by atoms with Gasteiger partial charge in [-0.3, -0.25) is 19.2 Å². The van der Waals surface area contributed by atoms with Crippen molar-refractivity contribution >= 4 is 35.6 Å². The Morgan fingerprint density at radius 1 is 0.844 bits per heavy atom. The number of methoxy groups -OCH3 is 1. The summed E-state index contributed by atoms with van der Waals surface area (Å²) in [4.78, 5) is 83.8. The van der Waals surface area contributed by atoms with Crippen molar-refractivity contribution in [3.05, 3.63) is 113 Å². The lowest BCUT2D eigenvalue weighted by molar-refractivity contribution is -0.346. The van der Waals surface area contributed by atoms with Gasteiger partial charge in [0.15, 0.2) is 23.6 Å². The number of rotatable bonds is 11. The first-order valence-electron chi connectivity index (χ1n) is 21.0. The number of fused-ring (bicyclic) bond motifs is 5. The number of hydrogen-bond acceptors (Lipinski definition) is 15. The summed E-state index contributed by atoms with van der Waals surface area (Å²) in [5.41, 5.74) is -7.19. The van der Waals surface area contributed by atoms with Crippen LogP contribution in [0.1, 0.15) is 86.7 Å². The molecule has 11 atom stereocenters. The second-order valence-corrected chi connectivity index (χ2v) is 17.7. The summed E-state index contributed by atoms with van der Waals surface area (Å²) in [5.74, 6) is -6.47. The van der Waals surface area contributed by atoms with Crippen LogP contribution in [0.15, 0.2) is 96.1 Å². The lowest BCUT2D eigenvalue weighted by atomic mass is 9.44. The van der Waals surface area contributed by atoms with Crippen LogP contribution in [0.25, 0.3) is 0 Å². The largest absolute Gasteiger partial charge is 0.497 e. The first-order chi connectivity index (χ1) is 30.2. The van der Waals surface area contributed by atoms with Gasteiger partial charge in [0.25, 0.3) is 5.91 Å². The van der Waals surface area contributed by atoms with Gasteiger partial charge in [0, 0.05) is 37.7 Å². The average molecular weight is 884 g/mol. The van der Waals surface area contributed by atoms with E-state index in [-0.39, 0.29) is 35.3 Å². The van der Waals surface area contributed by atoms with E-state index in [1.165, 1.54) is 33.1 Å². The molecule has 3 aromatic carbocycles. The molecule has 16 heteroatoms. The number of nitrogens with one attached hydrogen (secondary N) is 1. The summed E-state index contributed by atoms with van der Waals surface area (Å²) in [6, 6.07) is 20.8. The molecule has 1 saturated heterocycles. The Morgan fingerprint density at radius 2 is 1.45 bits per heavy atom. The molecule has 16 nitrogen and oxygen atoms in total. The summed E-state index contributed by atoms with van der Waals surface area (Å²) >= 11 is 0. The first-order valence-corrected chi connectivity index (χ1v) is 21.0.